The van der Waals surface area contributed by atoms with E-state index in [1.165, 1.54) is 6.07 Å². The zero-order valence-electron chi connectivity index (χ0n) is 17.2. The van der Waals surface area contributed by atoms with Gasteiger partial charge in [-0.15, -0.1) is 0 Å². The number of rotatable bonds is 2. The number of piperidine rings is 1. The number of carbonyl (C=O) groups excluding carboxylic acids is 1. The highest BCUT2D eigenvalue weighted by Gasteiger charge is 2.33. The third-order valence-corrected chi connectivity index (χ3v) is 6.73. The summed E-state index contributed by atoms with van der Waals surface area (Å²) in [5.74, 6) is 0.491. The van der Waals surface area contributed by atoms with E-state index < -0.39 is 0 Å². The summed E-state index contributed by atoms with van der Waals surface area (Å²) >= 11 is 1.70. The predicted octanol–water partition coefficient (Wildman–Crippen LogP) is 4.38. The SMILES string of the molecule is Cc1cc(=O)[nH]c(NC2CCN(C(=O)N3c4ccccc4Sc4ccccc43)CC2)n1. The van der Waals surface area contributed by atoms with E-state index in [1.807, 2.05) is 46.2 Å². The van der Waals surface area contributed by atoms with E-state index >= 15 is 0 Å². The van der Waals surface area contributed by atoms with Gasteiger partial charge < -0.3 is 10.2 Å². The number of nitrogens with one attached hydrogen (secondary N) is 2. The number of H-pyrrole nitrogens is 1. The van der Waals surface area contributed by atoms with Crippen LogP contribution in [0.3, 0.4) is 0 Å². The van der Waals surface area contributed by atoms with Crippen molar-refractivity contribution in [1.82, 2.24) is 14.9 Å². The molecule has 1 fully saturated rings. The molecular formula is C23H23N5O2S. The first-order valence-corrected chi connectivity index (χ1v) is 11.2. The van der Waals surface area contributed by atoms with Crippen LogP contribution in [0.1, 0.15) is 18.5 Å². The smallest absolute Gasteiger partial charge is 0.329 e. The molecule has 2 amide bonds. The largest absolute Gasteiger partial charge is 0.353 e. The van der Waals surface area contributed by atoms with Gasteiger partial charge in [0.25, 0.3) is 5.56 Å². The molecule has 5 rings (SSSR count). The van der Waals surface area contributed by atoms with Crippen LogP contribution in [0, 0.1) is 6.92 Å². The number of para-hydroxylation sites is 2. The fourth-order valence-corrected chi connectivity index (χ4v) is 5.17. The van der Waals surface area contributed by atoms with Gasteiger partial charge >= 0.3 is 6.03 Å². The van der Waals surface area contributed by atoms with Gasteiger partial charge in [-0.25, -0.2) is 9.78 Å². The number of aromatic amines is 1. The number of likely N-dealkylation sites (tertiary alicyclic amines) is 1. The fraction of sp³-hybridized carbons (Fsp3) is 0.261. The summed E-state index contributed by atoms with van der Waals surface area (Å²) in [7, 11) is 0. The number of nitrogens with zero attached hydrogens (tertiary/aromatic N) is 3. The molecule has 31 heavy (non-hydrogen) atoms. The monoisotopic (exact) mass is 433 g/mol. The standard InChI is InChI=1S/C23H23N5O2S/c1-15-14-21(29)26-22(24-15)25-16-10-12-27(13-11-16)23(30)28-17-6-2-4-8-19(17)31-20-9-5-3-7-18(20)28/h2-9,14,16H,10-13H2,1H3,(H2,24,25,26,29). The zero-order chi connectivity index (χ0) is 21.4. The maximum Gasteiger partial charge on any atom is 0.329 e. The third-order valence-electron chi connectivity index (χ3n) is 5.60. The fourth-order valence-electron chi connectivity index (χ4n) is 4.11. The molecule has 1 aromatic heterocycles. The molecule has 2 aromatic carbocycles. The minimum atomic E-state index is -0.164. The van der Waals surface area contributed by atoms with E-state index in [9.17, 15) is 9.59 Å². The number of amides is 2. The van der Waals surface area contributed by atoms with E-state index in [0.29, 0.717) is 24.7 Å². The lowest BCUT2D eigenvalue weighted by Gasteiger charge is -2.38. The molecule has 1 saturated heterocycles. The summed E-state index contributed by atoms with van der Waals surface area (Å²) in [5, 5.41) is 3.31. The van der Waals surface area contributed by atoms with Gasteiger partial charge in [0, 0.05) is 40.7 Å². The van der Waals surface area contributed by atoms with Gasteiger partial charge in [0.05, 0.1) is 11.4 Å². The van der Waals surface area contributed by atoms with Crippen LogP contribution in [0.2, 0.25) is 0 Å². The first-order chi connectivity index (χ1) is 15.1. The lowest BCUT2D eigenvalue weighted by Crippen LogP contribution is -2.48. The Morgan fingerprint density at radius 1 is 1.06 bits per heavy atom. The Hall–Kier alpha value is -3.26. The number of hydrogen-bond donors (Lipinski definition) is 2. The highest BCUT2D eigenvalue weighted by atomic mass is 32.2. The van der Waals surface area contributed by atoms with Crippen molar-refractivity contribution in [3.8, 4) is 0 Å². The molecule has 0 atom stereocenters. The quantitative estimate of drug-likeness (QED) is 0.627. The Labute approximate surface area is 184 Å². The van der Waals surface area contributed by atoms with Crippen LogP contribution in [-0.2, 0) is 0 Å². The van der Waals surface area contributed by atoms with E-state index in [1.54, 1.807) is 18.7 Å². The molecule has 3 aromatic rings. The van der Waals surface area contributed by atoms with Crippen LogP contribution in [0.5, 0.6) is 0 Å². The first-order valence-electron chi connectivity index (χ1n) is 10.4. The van der Waals surface area contributed by atoms with Crippen LogP contribution < -0.4 is 15.8 Å². The number of benzene rings is 2. The van der Waals surface area contributed by atoms with Crippen molar-refractivity contribution < 1.29 is 4.79 Å². The maximum absolute atomic E-state index is 13.6. The molecular weight excluding hydrogens is 410 g/mol. The summed E-state index contributed by atoms with van der Waals surface area (Å²) in [5.41, 5.74) is 2.37. The molecule has 158 valence electrons. The topological polar surface area (TPSA) is 81.3 Å². The summed E-state index contributed by atoms with van der Waals surface area (Å²) in [6.07, 6.45) is 1.57. The van der Waals surface area contributed by atoms with Gasteiger partial charge in [-0.2, -0.15) is 0 Å². The van der Waals surface area contributed by atoms with E-state index in [2.05, 4.69) is 27.4 Å². The number of anilines is 3. The number of urea groups is 1. The molecule has 0 aliphatic carbocycles. The van der Waals surface area contributed by atoms with Crippen molar-refractivity contribution in [3.63, 3.8) is 0 Å². The second-order valence-electron chi connectivity index (χ2n) is 7.80. The van der Waals surface area contributed by atoms with Crippen molar-refractivity contribution in [2.75, 3.05) is 23.3 Å². The Bertz CT molecular complexity index is 1140. The molecule has 0 unspecified atom stereocenters. The van der Waals surface area contributed by atoms with Gasteiger partial charge in [-0.1, -0.05) is 36.0 Å². The number of hydrogen-bond acceptors (Lipinski definition) is 5. The van der Waals surface area contributed by atoms with Crippen LogP contribution in [-0.4, -0.2) is 40.0 Å². The van der Waals surface area contributed by atoms with E-state index in [4.69, 9.17) is 0 Å². The van der Waals surface area contributed by atoms with Crippen molar-refractivity contribution >= 4 is 35.1 Å². The van der Waals surface area contributed by atoms with Crippen molar-refractivity contribution in [2.45, 2.75) is 35.6 Å². The first kappa shape index (κ1) is 19.7. The number of carbonyl (C=O) groups is 1. The minimum absolute atomic E-state index is 0.000683. The van der Waals surface area contributed by atoms with Crippen molar-refractivity contribution in [3.05, 3.63) is 70.6 Å². The Balaban J connectivity index is 1.32. The van der Waals surface area contributed by atoms with E-state index in [-0.39, 0.29) is 17.6 Å². The second kappa shape index (κ2) is 8.11. The Morgan fingerprint density at radius 3 is 2.29 bits per heavy atom. The second-order valence-corrected chi connectivity index (χ2v) is 8.88. The molecule has 0 spiro atoms. The molecule has 3 heterocycles. The Morgan fingerprint density at radius 2 is 1.68 bits per heavy atom. The van der Waals surface area contributed by atoms with Gasteiger partial charge in [-0.3, -0.25) is 14.7 Å². The van der Waals surface area contributed by atoms with Gasteiger partial charge in [0.15, 0.2) is 0 Å². The van der Waals surface area contributed by atoms with Crippen LogP contribution in [0.25, 0.3) is 0 Å². The third kappa shape index (κ3) is 3.90. The lowest BCUT2D eigenvalue weighted by molar-refractivity contribution is 0.192. The van der Waals surface area contributed by atoms with Crippen LogP contribution in [0.15, 0.2) is 69.2 Å². The molecule has 0 radical (unpaired) electrons. The highest BCUT2D eigenvalue weighted by molar-refractivity contribution is 7.99. The molecule has 2 aliphatic heterocycles. The van der Waals surface area contributed by atoms with Crippen LogP contribution in [0.4, 0.5) is 22.1 Å². The minimum Gasteiger partial charge on any atom is -0.353 e. The summed E-state index contributed by atoms with van der Waals surface area (Å²) in [6.45, 7) is 3.08. The van der Waals surface area contributed by atoms with E-state index in [0.717, 1.165) is 34.0 Å². The highest BCUT2D eigenvalue weighted by Crippen LogP contribution is 2.48. The number of aromatic nitrogens is 2. The number of fused-ring (bicyclic) bond motifs is 2. The summed E-state index contributed by atoms with van der Waals surface area (Å²) in [4.78, 5) is 38.3. The summed E-state index contributed by atoms with van der Waals surface area (Å²) in [6, 6.07) is 17.7. The Kier molecular flexibility index (Phi) is 5.15. The molecule has 7 nitrogen and oxygen atoms in total. The van der Waals surface area contributed by atoms with Crippen molar-refractivity contribution in [2.24, 2.45) is 0 Å². The van der Waals surface area contributed by atoms with Crippen molar-refractivity contribution in [1.29, 1.82) is 0 Å². The molecule has 0 saturated carbocycles. The van der Waals surface area contributed by atoms with Crippen LogP contribution >= 0.6 is 11.8 Å². The van der Waals surface area contributed by atoms with Gasteiger partial charge in [0.1, 0.15) is 0 Å². The average Bonchev–Trinajstić information content (AvgIpc) is 2.77. The maximum atomic E-state index is 13.6. The predicted molar refractivity (Wildman–Crippen MR) is 122 cm³/mol. The number of aryl methyl sites for hydroxylation is 1. The normalized spacial score (nSPS) is 15.9. The molecule has 2 aliphatic rings. The summed E-state index contributed by atoms with van der Waals surface area (Å²) < 4.78 is 0. The average molecular weight is 434 g/mol. The van der Waals surface area contributed by atoms with Gasteiger partial charge in [0.2, 0.25) is 5.95 Å². The molecule has 8 heteroatoms. The zero-order valence-corrected chi connectivity index (χ0v) is 18.0. The molecule has 2 N–H and O–H groups in total. The lowest BCUT2D eigenvalue weighted by atomic mass is 10.1. The van der Waals surface area contributed by atoms with Gasteiger partial charge in [-0.05, 0) is 44.0 Å². The molecule has 0 bridgehead atoms.